The van der Waals surface area contributed by atoms with Crippen LogP contribution in [0.3, 0.4) is 0 Å². The van der Waals surface area contributed by atoms with Crippen molar-refractivity contribution < 1.29 is 34.1 Å². The van der Waals surface area contributed by atoms with Gasteiger partial charge < -0.3 is 20.3 Å². The first-order chi connectivity index (χ1) is 25.7. The smallest absolute Gasteiger partial charge is 0.309 e. The number of hydrogen-bond acceptors (Lipinski definition) is 5. The van der Waals surface area contributed by atoms with E-state index in [4.69, 9.17) is 9.84 Å². The highest BCUT2D eigenvalue weighted by Crippen LogP contribution is 2.77. The van der Waals surface area contributed by atoms with Crippen LogP contribution in [-0.4, -0.2) is 46.7 Å². The minimum Gasteiger partial charge on any atom is -0.481 e. The lowest BCUT2D eigenvalue weighted by Gasteiger charge is -2.73. The highest BCUT2D eigenvalue weighted by molar-refractivity contribution is 5.84. The summed E-state index contributed by atoms with van der Waals surface area (Å²) in [5.41, 5.74) is -1.13. The van der Waals surface area contributed by atoms with Crippen LogP contribution in [-0.2, 0) is 23.9 Å². The van der Waals surface area contributed by atoms with Gasteiger partial charge >= 0.3 is 17.9 Å². The second kappa shape index (κ2) is 16.6. The van der Waals surface area contributed by atoms with Gasteiger partial charge in [-0.2, -0.15) is 0 Å². The number of nitrogens with one attached hydrogen (secondary N) is 1. The van der Waals surface area contributed by atoms with Crippen LogP contribution in [0.1, 0.15) is 191 Å². The van der Waals surface area contributed by atoms with Crippen LogP contribution < -0.4 is 5.32 Å². The number of unbranched alkanes of at least 4 members (excludes halogenated alkanes) is 7. The van der Waals surface area contributed by atoms with Crippen LogP contribution in [0.5, 0.6) is 0 Å². The Morgan fingerprint density at radius 2 is 1.36 bits per heavy atom. The Kier molecular flexibility index (Phi) is 13.3. The molecule has 5 aliphatic rings. The summed E-state index contributed by atoms with van der Waals surface area (Å²) in [5.74, 6) is 1.37. The molecule has 0 aromatic rings. The minimum absolute atomic E-state index is 0.116. The van der Waals surface area contributed by atoms with Crippen LogP contribution >= 0.6 is 0 Å². The van der Waals surface area contributed by atoms with Crippen LogP contribution in [0.25, 0.3) is 0 Å². The summed E-state index contributed by atoms with van der Waals surface area (Å²) in [6, 6.07) is 0. The predicted octanol–water partition coefficient (Wildman–Crippen LogP) is 10.8. The van der Waals surface area contributed by atoms with Crippen LogP contribution in [0.15, 0.2) is 0 Å². The Balaban J connectivity index is 1.25. The number of ether oxygens (including phenoxy) is 1. The van der Waals surface area contributed by atoms with Gasteiger partial charge in [-0.15, -0.1) is 0 Å². The zero-order valence-electron chi connectivity index (χ0n) is 36.3. The molecule has 10 atom stereocenters. The normalized spacial score (nSPS) is 37.9. The number of fused-ring (bicyclic) bond motifs is 7. The Labute approximate surface area is 333 Å². The van der Waals surface area contributed by atoms with Crippen molar-refractivity contribution in [3.63, 3.8) is 0 Å². The lowest BCUT2D eigenvalue weighted by molar-refractivity contribution is -0.250. The van der Waals surface area contributed by atoms with Crippen LogP contribution in [0, 0.1) is 68.0 Å². The fourth-order valence-electron chi connectivity index (χ4n) is 14.4. The molecule has 0 bridgehead atoms. The van der Waals surface area contributed by atoms with E-state index in [1.807, 2.05) is 0 Å². The number of carboxylic acids is 2. The molecule has 0 aromatic carbocycles. The van der Waals surface area contributed by atoms with Crippen molar-refractivity contribution in [2.45, 2.75) is 197 Å². The second-order valence-corrected chi connectivity index (χ2v) is 21.7. The lowest BCUT2D eigenvalue weighted by Crippen LogP contribution is -2.67. The van der Waals surface area contributed by atoms with E-state index in [9.17, 15) is 24.3 Å². The number of carbonyl (C=O) groups excluding carboxylic acids is 2. The topological polar surface area (TPSA) is 130 Å². The number of rotatable bonds is 17. The Morgan fingerprint density at radius 3 is 1.98 bits per heavy atom. The van der Waals surface area contributed by atoms with Gasteiger partial charge in [-0.05, 0) is 143 Å². The fourth-order valence-corrected chi connectivity index (χ4v) is 14.4. The number of carbonyl (C=O) groups is 4. The van der Waals surface area contributed by atoms with Gasteiger partial charge in [0.25, 0.3) is 0 Å². The molecule has 314 valence electrons. The molecule has 3 N–H and O–H groups in total. The van der Waals surface area contributed by atoms with Crippen molar-refractivity contribution in [3.8, 4) is 0 Å². The van der Waals surface area contributed by atoms with E-state index in [0.29, 0.717) is 41.4 Å². The molecule has 1 unspecified atom stereocenters. The third-order valence-corrected chi connectivity index (χ3v) is 17.8. The summed E-state index contributed by atoms with van der Waals surface area (Å²) in [7, 11) is 0. The maximum atomic E-state index is 14.5. The molecule has 5 aliphatic carbocycles. The van der Waals surface area contributed by atoms with Crippen molar-refractivity contribution in [2.75, 3.05) is 6.54 Å². The predicted molar refractivity (Wildman–Crippen MR) is 217 cm³/mol. The number of aliphatic carboxylic acids is 2. The summed E-state index contributed by atoms with van der Waals surface area (Å²) in [6.07, 6.45) is 19.3. The molecule has 5 fully saturated rings. The molecule has 8 heteroatoms. The molecular weight excluding hydrogens is 691 g/mol. The van der Waals surface area contributed by atoms with Gasteiger partial charge in [-0.25, -0.2) is 0 Å². The summed E-state index contributed by atoms with van der Waals surface area (Å²) in [4.78, 5) is 50.1. The zero-order valence-corrected chi connectivity index (χ0v) is 36.3. The third-order valence-electron chi connectivity index (χ3n) is 17.8. The van der Waals surface area contributed by atoms with E-state index in [2.05, 4.69) is 53.8 Å². The van der Waals surface area contributed by atoms with Gasteiger partial charge in [0.15, 0.2) is 0 Å². The van der Waals surface area contributed by atoms with E-state index in [-0.39, 0.29) is 46.0 Å². The third kappa shape index (κ3) is 8.15. The molecule has 5 rings (SSSR count). The maximum absolute atomic E-state index is 14.5. The number of amides is 1. The van der Waals surface area contributed by atoms with E-state index in [0.717, 1.165) is 90.0 Å². The van der Waals surface area contributed by atoms with Gasteiger partial charge in [0.05, 0.1) is 17.3 Å². The highest BCUT2D eigenvalue weighted by atomic mass is 16.5. The number of esters is 1. The molecule has 0 saturated heterocycles. The molecule has 55 heavy (non-hydrogen) atoms. The second-order valence-electron chi connectivity index (χ2n) is 21.7. The average molecular weight is 770 g/mol. The lowest BCUT2D eigenvalue weighted by atomic mass is 9.32. The molecule has 0 radical (unpaired) electrons. The maximum Gasteiger partial charge on any atom is 0.309 e. The molecule has 0 heterocycles. The summed E-state index contributed by atoms with van der Waals surface area (Å²) >= 11 is 0. The Bertz CT molecular complexity index is 1400. The summed E-state index contributed by atoms with van der Waals surface area (Å²) in [5, 5.41) is 21.9. The average Bonchev–Trinajstić information content (AvgIpc) is 3.50. The highest BCUT2D eigenvalue weighted by Gasteiger charge is 2.72. The SMILES string of the molecule is CC(C)[C@@H]1CC[C@]2(C(=O)NCCCCCCCCCCC(=O)O)CC[C@]3(C)[C@H](CCC4[C@@]5(C)CC[C@H](OC(=O)CC(C)(C)C(=O)O)C(C)(C)[C@@H]5CC[C@]43C)[C@@H]12. The number of hydrogen-bond donors (Lipinski definition) is 3. The van der Waals surface area contributed by atoms with Crippen molar-refractivity contribution >= 4 is 23.8 Å². The van der Waals surface area contributed by atoms with Gasteiger partial charge in [0.1, 0.15) is 6.10 Å². The standard InChI is InChI=1S/C47H79NO7/c1-31(2)32-21-26-47(40(52)48-29-17-15-13-11-10-12-14-16-18-37(49)50)28-27-45(8)33(39(32)47)19-20-35-44(7)24-23-36(55-38(51)30-42(3,4)41(53)54)43(5,6)34(44)22-25-46(35,45)9/h31-36,39H,10-30H2,1-9H3,(H,48,52)(H,49,50)(H,53,54)/t32-,33+,34-,35?,36-,39+,44-,45+,46+,47-/m0/s1. The van der Waals surface area contributed by atoms with E-state index < -0.39 is 23.3 Å². The molecule has 0 spiro atoms. The van der Waals surface area contributed by atoms with Crippen LogP contribution in [0.2, 0.25) is 0 Å². The quantitative estimate of drug-likeness (QED) is 0.0992. The molecule has 1 amide bonds. The first-order valence-electron chi connectivity index (χ1n) is 22.6. The van der Waals surface area contributed by atoms with Crippen molar-refractivity contribution in [1.82, 2.24) is 5.32 Å². The van der Waals surface area contributed by atoms with Gasteiger partial charge in [0.2, 0.25) is 5.91 Å². The van der Waals surface area contributed by atoms with Gasteiger partial charge in [-0.1, -0.05) is 87.0 Å². The zero-order chi connectivity index (χ0) is 40.6. The van der Waals surface area contributed by atoms with Crippen LogP contribution in [0.4, 0.5) is 0 Å². The summed E-state index contributed by atoms with van der Waals surface area (Å²) in [6.45, 7) is 21.2. The molecule has 8 nitrogen and oxygen atoms in total. The largest absolute Gasteiger partial charge is 0.481 e. The van der Waals surface area contributed by atoms with Gasteiger partial charge in [-0.3, -0.25) is 19.2 Å². The molecular formula is C47H79NO7. The van der Waals surface area contributed by atoms with E-state index in [1.165, 1.54) is 32.1 Å². The van der Waals surface area contributed by atoms with E-state index in [1.54, 1.807) is 13.8 Å². The molecule has 0 aliphatic heterocycles. The first-order valence-corrected chi connectivity index (χ1v) is 22.6. The Hall–Kier alpha value is -2.12. The van der Waals surface area contributed by atoms with Gasteiger partial charge in [0, 0.05) is 18.4 Å². The van der Waals surface area contributed by atoms with E-state index >= 15 is 0 Å². The van der Waals surface area contributed by atoms with Crippen molar-refractivity contribution in [2.24, 2.45) is 68.0 Å². The Morgan fingerprint density at radius 1 is 0.727 bits per heavy atom. The summed E-state index contributed by atoms with van der Waals surface area (Å²) < 4.78 is 6.19. The molecule has 0 aromatic heterocycles. The van der Waals surface area contributed by atoms with Crippen molar-refractivity contribution in [3.05, 3.63) is 0 Å². The monoisotopic (exact) mass is 770 g/mol. The number of carboxylic acid groups (broad SMARTS) is 2. The first kappa shape index (κ1) is 44.0. The fraction of sp³-hybridized carbons (Fsp3) is 0.915. The molecule has 5 saturated carbocycles. The van der Waals surface area contributed by atoms with Crippen molar-refractivity contribution in [1.29, 1.82) is 0 Å². The minimum atomic E-state index is -1.15.